The molecule has 2 amide bonds. The zero-order valence-electron chi connectivity index (χ0n) is 15.0. The lowest BCUT2D eigenvalue weighted by molar-refractivity contribution is -0.128. The maximum Gasteiger partial charge on any atom is 0.251 e. The SMILES string of the molecule is COc1ccc(CCN(CCNC(=O)c2cccc(F)c2)C(C)=O)cc1. The summed E-state index contributed by atoms with van der Waals surface area (Å²) in [7, 11) is 1.62. The third-order valence-electron chi connectivity index (χ3n) is 4.03. The molecule has 0 saturated heterocycles. The lowest BCUT2D eigenvalue weighted by Gasteiger charge is -2.21. The van der Waals surface area contributed by atoms with E-state index in [0.717, 1.165) is 11.3 Å². The average molecular weight is 358 g/mol. The van der Waals surface area contributed by atoms with Gasteiger partial charge in [-0.1, -0.05) is 18.2 Å². The number of carbonyl (C=O) groups excluding carboxylic acids is 2. The van der Waals surface area contributed by atoms with Gasteiger partial charge in [0.05, 0.1) is 7.11 Å². The smallest absolute Gasteiger partial charge is 0.251 e. The highest BCUT2D eigenvalue weighted by Gasteiger charge is 2.11. The van der Waals surface area contributed by atoms with Crippen LogP contribution in [0.25, 0.3) is 0 Å². The van der Waals surface area contributed by atoms with Gasteiger partial charge in [-0.15, -0.1) is 0 Å². The molecule has 6 heteroatoms. The Kier molecular flexibility index (Phi) is 7.14. The molecule has 0 heterocycles. The van der Waals surface area contributed by atoms with Crippen LogP contribution in [0.5, 0.6) is 5.75 Å². The Morgan fingerprint density at radius 2 is 1.85 bits per heavy atom. The molecule has 0 radical (unpaired) electrons. The van der Waals surface area contributed by atoms with Gasteiger partial charge in [0.1, 0.15) is 11.6 Å². The van der Waals surface area contributed by atoms with Crippen molar-refractivity contribution in [1.82, 2.24) is 10.2 Å². The predicted molar refractivity (Wildman–Crippen MR) is 97.7 cm³/mol. The Morgan fingerprint density at radius 1 is 1.12 bits per heavy atom. The van der Waals surface area contributed by atoms with Crippen LogP contribution in [-0.4, -0.2) is 43.5 Å². The van der Waals surface area contributed by atoms with Crippen LogP contribution in [0, 0.1) is 5.82 Å². The molecule has 2 aromatic carbocycles. The van der Waals surface area contributed by atoms with E-state index in [2.05, 4.69) is 5.32 Å². The van der Waals surface area contributed by atoms with Crippen LogP contribution in [0.3, 0.4) is 0 Å². The van der Waals surface area contributed by atoms with E-state index in [9.17, 15) is 14.0 Å². The van der Waals surface area contributed by atoms with Crippen molar-refractivity contribution in [3.63, 3.8) is 0 Å². The molecule has 0 fully saturated rings. The molecule has 138 valence electrons. The average Bonchev–Trinajstić information content (AvgIpc) is 2.64. The van der Waals surface area contributed by atoms with Crippen LogP contribution in [0.15, 0.2) is 48.5 Å². The van der Waals surface area contributed by atoms with Crippen LogP contribution in [0.4, 0.5) is 4.39 Å². The van der Waals surface area contributed by atoms with E-state index in [4.69, 9.17) is 4.74 Å². The number of rotatable bonds is 8. The topological polar surface area (TPSA) is 58.6 Å². The number of benzene rings is 2. The molecule has 0 saturated carbocycles. The highest BCUT2D eigenvalue weighted by Crippen LogP contribution is 2.12. The van der Waals surface area contributed by atoms with E-state index in [1.807, 2.05) is 24.3 Å². The van der Waals surface area contributed by atoms with E-state index in [0.29, 0.717) is 26.1 Å². The minimum Gasteiger partial charge on any atom is -0.497 e. The van der Waals surface area contributed by atoms with Gasteiger partial charge in [-0.05, 0) is 42.3 Å². The summed E-state index contributed by atoms with van der Waals surface area (Å²) in [4.78, 5) is 25.5. The van der Waals surface area contributed by atoms with Gasteiger partial charge < -0.3 is 15.0 Å². The van der Waals surface area contributed by atoms with E-state index >= 15 is 0 Å². The fourth-order valence-electron chi connectivity index (χ4n) is 2.52. The lowest BCUT2D eigenvalue weighted by atomic mass is 10.1. The quantitative estimate of drug-likeness (QED) is 0.789. The number of halogens is 1. The van der Waals surface area contributed by atoms with Crippen LogP contribution in [0.1, 0.15) is 22.8 Å². The molecule has 2 rings (SSSR count). The first-order chi connectivity index (χ1) is 12.5. The van der Waals surface area contributed by atoms with E-state index in [-0.39, 0.29) is 17.4 Å². The van der Waals surface area contributed by atoms with Crippen molar-refractivity contribution in [3.8, 4) is 5.75 Å². The number of nitrogens with zero attached hydrogens (tertiary/aromatic N) is 1. The Bertz CT molecular complexity index is 747. The van der Waals surface area contributed by atoms with Gasteiger partial charge in [0.25, 0.3) is 5.91 Å². The molecule has 0 spiro atoms. The fourth-order valence-corrected chi connectivity index (χ4v) is 2.52. The Hall–Kier alpha value is -2.89. The first-order valence-corrected chi connectivity index (χ1v) is 8.42. The monoisotopic (exact) mass is 358 g/mol. The summed E-state index contributed by atoms with van der Waals surface area (Å²) in [6.07, 6.45) is 0.710. The van der Waals surface area contributed by atoms with E-state index in [1.165, 1.54) is 25.1 Å². The van der Waals surface area contributed by atoms with Crippen LogP contribution >= 0.6 is 0 Å². The summed E-state index contributed by atoms with van der Waals surface area (Å²) in [5, 5.41) is 2.71. The maximum atomic E-state index is 13.2. The molecule has 0 aromatic heterocycles. The maximum absolute atomic E-state index is 13.2. The van der Waals surface area contributed by atoms with Gasteiger partial charge in [0.15, 0.2) is 0 Å². The predicted octanol–water partition coefficient (Wildman–Crippen LogP) is 2.66. The van der Waals surface area contributed by atoms with Crippen LogP contribution in [-0.2, 0) is 11.2 Å². The van der Waals surface area contributed by atoms with Crippen LogP contribution < -0.4 is 10.1 Å². The third-order valence-corrected chi connectivity index (χ3v) is 4.03. The Labute approximate surface area is 152 Å². The van der Waals surface area contributed by atoms with E-state index in [1.54, 1.807) is 18.1 Å². The van der Waals surface area contributed by atoms with Gasteiger partial charge in [-0.25, -0.2) is 4.39 Å². The molecule has 26 heavy (non-hydrogen) atoms. The van der Waals surface area contributed by atoms with Crippen molar-refractivity contribution >= 4 is 11.8 Å². The normalized spacial score (nSPS) is 10.3. The van der Waals surface area contributed by atoms with Crippen molar-refractivity contribution in [1.29, 1.82) is 0 Å². The van der Waals surface area contributed by atoms with Gasteiger partial charge >= 0.3 is 0 Å². The standard InChI is InChI=1S/C20H23FN2O3/c1-15(24)23(12-10-16-6-8-19(26-2)9-7-16)13-11-22-20(25)17-4-3-5-18(21)14-17/h3-9,14H,10-13H2,1-2H3,(H,22,25). The summed E-state index contributed by atoms with van der Waals surface area (Å²) in [6.45, 7) is 2.75. The van der Waals surface area contributed by atoms with Gasteiger partial charge in [-0.2, -0.15) is 0 Å². The second-order valence-electron chi connectivity index (χ2n) is 5.87. The van der Waals surface area contributed by atoms with Crippen molar-refractivity contribution in [2.24, 2.45) is 0 Å². The van der Waals surface area contributed by atoms with E-state index < -0.39 is 5.82 Å². The fraction of sp³-hybridized carbons (Fsp3) is 0.300. The molecule has 0 aliphatic rings. The van der Waals surface area contributed by atoms with Crippen LogP contribution in [0.2, 0.25) is 0 Å². The number of methoxy groups -OCH3 is 1. The Balaban J connectivity index is 1.82. The number of nitrogens with one attached hydrogen (secondary N) is 1. The molecule has 0 unspecified atom stereocenters. The summed E-state index contributed by atoms with van der Waals surface area (Å²) >= 11 is 0. The summed E-state index contributed by atoms with van der Waals surface area (Å²) < 4.78 is 18.3. The first kappa shape index (κ1) is 19.4. The molecular formula is C20H23FN2O3. The number of carbonyl (C=O) groups is 2. The number of hydrogen-bond donors (Lipinski definition) is 1. The largest absolute Gasteiger partial charge is 0.497 e. The van der Waals surface area contributed by atoms with Crippen molar-refractivity contribution in [3.05, 3.63) is 65.5 Å². The zero-order valence-corrected chi connectivity index (χ0v) is 15.0. The van der Waals surface area contributed by atoms with Gasteiger partial charge in [0, 0.05) is 32.1 Å². The van der Waals surface area contributed by atoms with Crippen molar-refractivity contribution in [2.45, 2.75) is 13.3 Å². The minimum absolute atomic E-state index is 0.0569. The van der Waals surface area contributed by atoms with Crippen molar-refractivity contribution < 1.29 is 18.7 Å². The molecule has 1 N–H and O–H groups in total. The molecular weight excluding hydrogens is 335 g/mol. The molecule has 0 aliphatic carbocycles. The molecule has 0 bridgehead atoms. The highest BCUT2D eigenvalue weighted by atomic mass is 19.1. The molecule has 0 atom stereocenters. The Morgan fingerprint density at radius 3 is 2.46 bits per heavy atom. The summed E-state index contributed by atoms with van der Waals surface area (Å²) in [6, 6.07) is 13.2. The molecule has 2 aromatic rings. The minimum atomic E-state index is -0.456. The molecule has 0 aliphatic heterocycles. The summed E-state index contributed by atoms with van der Waals surface area (Å²) in [5.41, 5.74) is 1.36. The number of ether oxygens (including phenoxy) is 1. The number of hydrogen-bond acceptors (Lipinski definition) is 3. The highest BCUT2D eigenvalue weighted by molar-refractivity contribution is 5.94. The zero-order chi connectivity index (χ0) is 18.9. The van der Waals surface area contributed by atoms with Gasteiger partial charge in [-0.3, -0.25) is 9.59 Å². The third kappa shape index (κ3) is 5.88. The number of amides is 2. The second-order valence-corrected chi connectivity index (χ2v) is 5.87. The summed E-state index contributed by atoms with van der Waals surface area (Å²) in [5.74, 6) is -0.0820. The second kappa shape index (κ2) is 9.56. The molecule has 5 nitrogen and oxygen atoms in total. The first-order valence-electron chi connectivity index (χ1n) is 8.42. The lowest BCUT2D eigenvalue weighted by Crippen LogP contribution is -2.38. The van der Waals surface area contributed by atoms with Gasteiger partial charge in [0.2, 0.25) is 5.91 Å². The van der Waals surface area contributed by atoms with Crippen molar-refractivity contribution in [2.75, 3.05) is 26.7 Å².